The Labute approximate surface area is 180 Å². The molecule has 0 radical (unpaired) electrons. The first kappa shape index (κ1) is 32.0. The Morgan fingerprint density at radius 1 is 0.727 bits per heavy atom. The van der Waals surface area contributed by atoms with Gasteiger partial charge < -0.3 is 4.90 Å². The van der Waals surface area contributed by atoms with E-state index in [1.54, 1.807) is 19.0 Å². The van der Waals surface area contributed by atoms with Crippen molar-refractivity contribution in [2.75, 3.05) is 32.9 Å². The molecule has 0 aromatic carbocycles. The van der Waals surface area contributed by atoms with Crippen molar-refractivity contribution in [1.29, 1.82) is 0 Å². The number of hydrogen-bond acceptors (Lipinski definition) is 3. The molecule has 0 aromatic rings. The first-order chi connectivity index (χ1) is 14.3. The van der Waals surface area contributed by atoms with E-state index in [4.69, 9.17) is 0 Å². The first-order valence-corrected chi connectivity index (χ1v) is 10.5. The fourth-order valence-corrected chi connectivity index (χ4v) is 3.52. The molecule has 0 aliphatic carbocycles. The molecule has 1 N–H and O–H groups in total. The van der Waals surface area contributed by atoms with E-state index < -0.39 is 70.8 Å². The Kier molecular flexibility index (Phi) is 9.97. The molecule has 0 aromatic heterocycles. The molecule has 0 heterocycles. The Balaban J connectivity index is 5.23. The summed E-state index contributed by atoms with van der Waals surface area (Å²) in [7, 11) is -1.17. The number of rotatable bonds is 14. The topological polar surface area (TPSA) is 49.4 Å². The van der Waals surface area contributed by atoms with Crippen LogP contribution in [-0.4, -0.2) is 82.0 Å². The minimum absolute atomic E-state index is 0.225. The van der Waals surface area contributed by atoms with Crippen molar-refractivity contribution in [3.63, 3.8) is 0 Å². The summed E-state index contributed by atoms with van der Waals surface area (Å²) in [4.78, 5) is 1.65. The van der Waals surface area contributed by atoms with Crippen LogP contribution in [0, 0.1) is 0 Å². The van der Waals surface area contributed by atoms with Crippen molar-refractivity contribution < 1.29 is 65.5 Å². The molecule has 18 heteroatoms. The lowest BCUT2D eigenvalue weighted by Gasteiger charge is -2.35. The molecule has 0 aliphatic heterocycles. The molecule has 200 valence electrons. The Morgan fingerprint density at radius 2 is 1.21 bits per heavy atom. The van der Waals surface area contributed by atoms with Gasteiger partial charge in [0.25, 0.3) is 11.8 Å². The van der Waals surface area contributed by atoms with Crippen molar-refractivity contribution >= 4 is 10.0 Å². The van der Waals surface area contributed by atoms with Crippen LogP contribution in [0.15, 0.2) is 0 Å². The summed E-state index contributed by atoms with van der Waals surface area (Å²) >= 11 is 0. The molecule has 33 heavy (non-hydrogen) atoms. The predicted octanol–water partition coefficient (Wildman–Crippen LogP) is 4.77. The summed E-state index contributed by atoms with van der Waals surface area (Å²) in [6.45, 7) is 0.161. The van der Waals surface area contributed by atoms with Gasteiger partial charge in [-0.25, -0.2) is 30.7 Å². The van der Waals surface area contributed by atoms with Gasteiger partial charge in [-0.1, -0.05) is 0 Å². The molecule has 4 nitrogen and oxygen atoms in total. The summed E-state index contributed by atoms with van der Waals surface area (Å²) in [6.07, 6.45) is -15.7. The van der Waals surface area contributed by atoms with E-state index in [0.29, 0.717) is 6.54 Å². The van der Waals surface area contributed by atoms with E-state index in [2.05, 4.69) is 0 Å². The number of halogens is 13. The lowest BCUT2D eigenvalue weighted by Crippen LogP contribution is -2.62. The van der Waals surface area contributed by atoms with Crippen molar-refractivity contribution in [2.45, 2.75) is 61.5 Å². The molecule has 0 saturated heterocycles. The second kappa shape index (κ2) is 10.3. The van der Waals surface area contributed by atoms with Gasteiger partial charge in [0.1, 0.15) is 0 Å². The summed E-state index contributed by atoms with van der Waals surface area (Å²) in [5.74, 6) is -33.4. The highest BCUT2D eigenvalue weighted by atomic mass is 32.2. The third-order valence-corrected chi connectivity index (χ3v) is 5.43. The third kappa shape index (κ3) is 9.26. The van der Waals surface area contributed by atoms with Gasteiger partial charge in [0, 0.05) is 13.0 Å². The number of hydrogen-bond donors (Lipinski definition) is 1. The predicted molar refractivity (Wildman–Crippen MR) is 89.6 cm³/mol. The molecule has 0 atom stereocenters. The van der Waals surface area contributed by atoms with Crippen molar-refractivity contribution in [2.24, 2.45) is 0 Å². The summed E-state index contributed by atoms with van der Waals surface area (Å²) < 4.78 is 194. The van der Waals surface area contributed by atoms with Crippen LogP contribution in [0.1, 0.15) is 25.7 Å². The molecule has 0 aliphatic rings. The zero-order valence-electron chi connectivity index (χ0n) is 17.0. The van der Waals surface area contributed by atoms with Gasteiger partial charge in [-0.3, -0.25) is 0 Å². The Bertz CT molecular complexity index is 737. The normalized spacial score (nSPS) is 15.4. The largest absolute Gasteiger partial charge is 0.460 e. The van der Waals surface area contributed by atoms with Crippen LogP contribution in [0.2, 0.25) is 0 Å². The molecular weight excluding hydrogens is 519 g/mol. The van der Waals surface area contributed by atoms with E-state index in [-0.39, 0.29) is 13.0 Å². The molecule has 0 amide bonds. The van der Waals surface area contributed by atoms with E-state index in [1.165, 1.54) is 0 Å². The van der Waals surface area contributed by atoms with E-state index >= 15 is 0 Å². The molecule has 0 saturated carbocycles. The molecule has 0 rings (SSSR count). The van der Waals surface area contributed by atoms with Crippen LogP contribution in [0.3, 0.4) is 0 Å². The van der Waals surface area contributed by atoms with Gasteiger partial charge in [0.15, 0.2) is 0 Å². The Morgan fingerprint density at radius 3 is 1.64 bits per heavy atom. The quantitative estimate of drug-likeness (QED) is 0.255. The standard InChI is InChI=1S/C15H21F13N2O2S/c1-30(2)6-3-5-29-33(31,32)7-4-10(16,17)8-11(18,19)9-12(20,21)13(22,23)14(24,25)15(26,27)28/h29H,3-9H2,1-2H3. The van der Waals surface area contributed by atoms with E-state index in [1.807, 2.05) is 4.72 Å². The van der Waals surface area contributed by atoms with Gasteiger partial charge >= 0.3 is 23.9 Å². The van der Waals surface area contributed by atoms with Gasteiger partial charge in [-0.05, 0) is 27.1 Å². The smallest absolute Gasteiger partial charge is 0.309 e. The zero-order chi connectivity index (χ0) is 26.7. The number of alkyl halides is 13. The molecular formula is C15H21F13N2O2S. The number of nitrogens with one attached hydrogen (secondary N) is 1. The lowest BCUT2D eigenvalue weighted by atomic mass is 9.94. The minimum atomic E-state index is -7.45. The van der Waals surface area contributed by atoms with Crippen molar-refractivity contribution in [3.8, 4) is 0 Å². The van der Waals surface area contributed by atoms with Gasteiger partial charge in [-0.2, -0.15) is 39.5 Å². The van der Waals surface area contributed by atoms with E-state index in [0.717, 1.165) is 0 Å². The van der Waals surface area contributed by atoms with Crippen LogP contribution in [0.4, 0.5) is 57.1 Å². The number of nitrogens with zero attached hydrogens (tertiary/aromatic N) is 1. The molecule has 0 spiro atoms. The molecule has 0 bridgehead atoms. The monoisotopic (exact) mass is 540 g/mol. The van der Waals surface area contributed by atoms with Crippen LogP contribution in [0.25, 0.3) is 0 Å². The summed E-state index contributed by atoms with van der Waals surface area (Å²) in [6, 6.07) is 0. The van der Waals surface area contributed by atoms with Crippen LogP contribution in [-0.2, 0) is 10.0 Å². The second-order valence-corrected chi connectivity index (χ2v) is 9.46. The van der Waals surface area contributed by atoms with Crippen molar-refractivity contribution in [1.82, 2.24) is 9.62 Å². The summed E-state index contributed by atoms with van der Waals surface area (Å²) in [5, 5.41) is 0. The summed E-state index contributed by atoms with van der Waals surface area (Å²) in [5.41, 5.74) is 0. The average molecular weight is 540 g/mol. The minimum Gasteiger partial charge on any atom is -0.309 e. The maximum absolute atomic E-state index is 13.7. The van der Waals surface area contributed by atoms with E-state index in [9.17, 15) is 65.5 Å². The average Bonchev–Trinajstić information content (AvgIpc) is 2.53. The number of sulfonamides is 1. The maximum Gasteiger partial charge on any atom is 0.460 e. The highest BCUT2D eigenvalue weighted by Gasteiger charge is 2.82. The van der Waals surface area contributed by atoms with Crippen LogP contribution < -0.4 is 4.72 Å². The first-order valence-electron chi connectivity index (χ1n) is 8.86. The highest BCUT2D eigenvalue weighted by molar-refractivity contribution is 7.89. The van der Waals surface area contributed by atoms with Crippen molar-refractivity contribution in [3.05, 3.63) is 0 Å². The van der Waals surface area contributed by atoms with Gasteiger partial charge in [0.05, 0.1) is 18.6 Å². The maximum atomic E-state index is 13.7. The fourth-order valence-electron chi connectivity index (χ4n) is 2.35. The van der Waals surface area contributed by atoms with Gasteiger partial charge in [-0.15, -0.1) is 0 Å². The highest BCUT2D eigenvalue weighted by Crippen LogP contribution is 2.56. The zero-order valence-corrected chi connectivity index (χ0v) is 17.9. The third-order valence-electron chi connectivity index (χ3n) is 4.05. The lowest BCUT2D eigenvalue weighted by molar-refractivity contribution is -0.401. The Hall–Kier alpha value is -1.04. The van der Waals surface area contributed by atoms with Crippen LogP contribution in [0.5, 0.6) is 0 Å². The molecule has 0 fully saturated rings. The van der Waals surface area contributed by atoms with Crippen LogP contribution >= 0.6 is 0 Å². The SMILES string of the molecule is CN(C)CCCNS(=O)(=O)CCC(F)(F)CC(F)(F)CC(F)(F)C(F)(F)C(F)(F)C(F)(F)F. The fraction of sp³-hybridized carbons (Fsp3) is 1.00. The molecule has 0 unspecified atom stereocenters. The second-order valence-electron chi connectivity index (χ2n) is 7.54. The van der Waals surface area contributed by atoms with Gasteiger partial charge in [0.2, 0.25) is 10.0 Å².